The molecule has 1 fully saturated rings. The Morgan fingerprint density at radius 3 is 2.45 bits per heavy atom. The monoisotopic (exact) mass is 282 g/mol. The Morgan fingerprint density at radius 2 is 1.80 bits per heavy atom. The SMILES string of the molecule is COCCN1CCN(Cc2cc(F)ccc2OC)CC1. The highest BCUT2D eigenvalue weighted by atomic mass is 19.1. The van der Waals surface area contributed by atoms with Crippen LogP contribution in [0.4, 0.5) is 4.39 Å². The highest BCUT2D eigenvalue weighted by Crippen LogP contribution is 2.21. The van der Waals surface area contributed by atoms with E-state index in [1.165, 1.54) is 6.07 Å². The summed E-state index contributed by atoms with van der Waals surface area (Å²) < 4.78 is 23.7. The molecule has 0 aliphatic carbocycles. The van der Waals surface area contributed by atoms with Crippen LogP contribution in [-0.4, -0.2) is 63.4 Å². The summed E-state index contributed by atoms with van der Waals surface area (Å²) in [6.07, 6.45) is 0. The first-order chi connectivity index (χ1) is 9.72. The highest BCUT2D eigenvalue weighted by Gasteiger charge is 2.18. The molecule has 4 nitrogen and oxygen atoms in total. The molecule has 0 bridgehead atoms. The molecule has 1 saturated heterocycles. The highest BCUT2D eigenvalue weighted by molar-refractivity contribution is 5.33. The van der Waals surface area contributed by atoms with E-state index in [0.29, 0.717) is 0 Å². The third-order valence-electron chi connectivity index (χ3n) is 3.71. The van der Waals surface area contributed by atoms with Crippen LogP contribution < -0.4 is 4.74 Å². The maximum absolute atomic E-state index is 13.3. The number of nitrogens with zero attached hydrogens (tertiary/aromatic N) is 2. The van der Waals surface area contributed by atoms with Gasteiger partial charge in [-0.25, -0.2) is 4.39 Å². The first-order valence-electron chi connectivity index (χ1n) is 6.99. The molecule has 0 aromatic heterocycles. The van der Waals surface area contributed by atoms with Crippen LogP contribution in [0.2, 0.25) is 0 Å². The summed E-state index contributed by atoms with van der Waals surface area (Å²) in [6.45, 7) is 6.53. The number of ether oxygens (including phenoxy) is 2. The van der Waals surface area contributed by atoms with Crippen LogP contribution in [0.3, 0.4) is 0 Å². The Hall–Kier alpha value is -1.17. The zero-order chi connectivity index (χ0) is 14.4. The van der Waals surface area contributed by atoms with Crippen molar-refractivity contribution in [3.8, 4) is 5.75 Å². The molecule has 0 radical (unpaired) electrons. The molecule has 112 valence electrons. The van der Waals surface area contributed by atoms with Gasteiger partial charge in [0.05, 0.1) is 13.7 Å². The fraction of sp³-hybridized carbons (Fsp3) is 0.600. The zero-order valence-corrected chi connectivity index (χ0v) is 12.3. The van der Waals surface area contributed by atoms with Crippen LogP contribution in [0.25, 0.3) is 0 Å². The second-order valence-corrected chi connectivity index (χ2v) is 5.07. The molecule has 0 saturated carbocycles. The fourth-order valence-electron chi connectivity index (χ4n) is 2.50. The van der Waals surface area contributed by atoms with Crippen molar-refractivity contribution in [2.75, 3.05) is 53.6 Å². The van der Waals surface area contributed by atoms with E-state index >= 15 is 0 Å². The fourth-order valence-corrected chi connectivity index (χ4v) is 2.50. The molecule has 0 unspecified atom stereocenters. The van der Waals surface area contributed by atoms with Gasteiger partial charge in [0.2, 0.25) is 0 Å². The van der Waals surface area contributed by atoms with E-state index in [2.05, 4.69) is 9.80 Å². The molecule has 0 spiro atoms. The largest absolute Gasteiger partial charge is 0.496 e. The molecule has 0 amide bonds. The summed E-state index contributed by atoms with van der Waals surface area (Å²) in [5.41, 5.74) is 0.915. The average Bonchev–Trinajstić information content (AvgIpc) is 2.47. The maximum Gasteiger partial charge on any atom is 0.123 e. The number of hydrogen-bond acceptors (Lipinski definition) is 4. The smallest absolute Gasteiger partial charge is 0.123 e. The van der Waals surface area contributed by atoms with Gasteiger partial charge in [-0.3, -0.25) is 9.80 Å². The lowest BCUT2D eigenvalue weighted by molar-refractivity contribution is 0.0934. The van der Waals surface area contributed by atoms with Gasteiger partial charge >= 0.3 is 0 Å². The minimum absolute atomic E-state index is 0.209. The van der Waals surface area contributed by atoms with Crippen molar-refractivity contribution in [3.63, 3.8) is 0 Å². The van der Waals surface area contributed by atoms with Crippen LogP contribution >= 0.6 is 0 Å². The normalized spacial score (nSPS) is 17.4. The lowest BCUT2D eigenvalue weighted by Crippen LogP contribution is -2.46. The van der Waals surface area contributed by atoms with E-state index in [0.717, 1.165) is 57.2 Å². The Labute approximate surface area is 120 Å². The number of piperazine rings is 1. The van der Waals surface area contributed by atoms with E-state index in [4.69, 9.17) is 9.47 Å². The predicted molar refractivity (Wildman–Crippen MR) is 76.5 cm³/mol. The number of hydrogen-bond donors (Lipinski definition) is 0. The molecular formula is C15H23FN2O2. The van der Waals surface area contributed by atoms with Crippen molar-refractivity contribution < 1.29 is 13.9 Å². The average molecular weight is 282 g/mol. The van der Waals surface area contributed by atoms with Crippen LogP contribution in [0.5, 0.6) is 5.75 Å². The number of methoxy groups -OCH3 is 2. The van der Waals surface area contributed by atoms with E-state index in [1.54, 1.807) is 26.4 Å². The van der Waals surface area contributed by atoms with Crippen LogP contribution in [0.15, 0.2) is 18.2 Å². The topological polar surface area (TPSA) is 24.9 Å². The third-order valence-corrected chi connectivity index (χ3v) is 3.71. The van der Waals surface area contributed by atoms with Crippen molar-refractivity contribution in [1.29, 1.82) is 0 Å². The minimum Gasteiger partial charge on any atom is -0.496 e. The molecule has 2 rings (SSSR count). The Bertz CT molecular complexity index is 420. The Balaban J connectivity index is 1.87. The maximum atomic E-state index is 13.3. The summed E-state index contributed by atoms with van der Waals surface area (Å²) in [7, 11) is 3.35. The van der Waals surface area contributed by atoms with E-state index < -0.39 is 0 Å². The van der Waals surface area contributed by atoms with Gasteiger partial charge in [-0.1, -0.05) is 0 Å². The first-order valence-corrected chi connectivity index (χ1v) is 6.99. The molecule has 1 aliphatic heterocycles. The van der Waals surface area contributed by atoms with E-state index in [9.17, 15) is 4.39 Å². The van der Waals surface area contributed by atoms with Gasteiger partial charge in [0.25, 0.3) is 0 Å². The molecule has 0 N–H and O–H groups in total. The number of rotatable bonds is 6. The quantitative estimate of drug-likeness (QED) is 0.791. The summed E-state index contributed by atoms with van der Waals surface area (Å²) in [5, 5.41) is 0. The zero-order valence-electron chi connectivity index (χ0n) is 12.3. The summed E-state index contributed by atoms with van der Waals surface area (Å²) in [6, 6.07) is 4.70. The molecule has 1 aromatic rings. The molecular weight excluding hydrogens is 259 g/mol. The number of halogens is 1. The van der Waals surface area contributed by atoms with Crippen LogP contribution in [0.1, 0.15) is 5.56 Å². The predicted octanol–water partition coefficient (Wildman–Crippen LogP) is 1.60. The van der Waals surface area contributed by atoms with Crippen molar-refractivity contribution >= 4 is 0 Å². The molecule has 0 atom stereocenters. The van der Waals surface area contributed by atoms with Crippen molar-refractivity contribution in [2.45, 2.75) is 6.54 Å². The molecule has 1 aromatic carbocycles. The second kappa shape index (κ2) is 7.57. The van der Waals surface area contributed by atoms with Gasteiger partial charge in [0, 0.05) is 51.9 Å². The Kier molecular flexibility index (Phi) is 5.76. The van der Waals surface area contributed by atoms with E-state index in [1.807, 2.05) is 0 Å². The summed E-state index contributed by atoms with van der Waals surface area (Å²) >= 11 is 0. The lowest BCUT2D eigenvalue weighted by atomic mass is 10.1. The van der Waals surface area contributed by atoms with Crippen molar-refractivity contribution in [3.05, 3.63) is 29.6 Å². The standard InChI is InChI=1S/C15H23FN2O2/c1-19-10-9-17-5-7-18(8-6-17)12-13-11-14(16)3-4-15(13)20-2/h3-4,11H,5-10,12H2,1-2H3. The number of benzene rings is 1. The Morgan fingerprint density at radius 1 is 1.10 bits per heavy atom. The lowest BCUT2D eigenvalue weighted by Gasteiger charge is -2.34. The minimum atomic E-state index is -0.209. The van der Waals surface area contributed by atoms with Gasteiger partial charge < -0.3 is 9.47 Å². The third kappa shape index (κ3) is 4.16. The molecule has 1 heterocycles. The van der Waals surface area contributed by atoms with E-state index in [-0.39, 0.29) is 5.82 Å². The van der Waals surface area contributed by atoms with Gasteiger partial charge in [0.15, 0.2) is 0 Å². The molecule has 20 heavy (non-hydrogen) atoms. The van der Waals surface area contributed by atoms with Gasteiger partial charge in [-0.2, -0.15) is 0 Å². The summed E-state index contributed by atoms with van der Waals surface area (Å²) in [4.78, 5) is 4.73. The first kappa shape index (κ1) is 15.2. The van der Waals surface area contributed by atoms with Crippen molar-refractivity contribution in [2.24, 2.45) is 0 Å². The van der Waals surface area contributed by atoms with Crippen LogP contribution in [-0.2, 0) is 11.3 Å². The summed E-state index contributed by atoms with van der Waals surface area (Å²) in [5.74, 6) is 0.549. The molecule has 5 heteroatoms. The second-order valence-electron chi connectivity index (χ2n) is 5.07. The van der Waals surface area contributed by atoms with Crippen LogP contribution in [0, 0.1) is 5.82 Å². The molecule has 1 aliphatic rings. The van der Waals surface area contributed by atoms with Gasteiger partial charge in [0.1, 0.15) is 11.6 Å². The van der Waals surface area contributed by atoms with Gasteiger partial charge in [-0.05, 0) is 18.2 Å². The van der Waals surface area contributed by atoms with Crippen molar-refractivity contribution in [1.82, 2.24) is 9.80 Å². The van der Waals surface area contributed by atoms with Gasteiger partial charge in [-0.15, -0.1) is 0 Å².